The zero-order valence-corrected chi connectivity index (χ0v) is 10.8. The van der Waals surface area contributed by atoms with Crippen LogP contribution in [0.25, 0.3) is 0 Å². The Morgan fingerprint density at radius 3 is 2.50 bits per heavy atom. The van der Waals surface area contributed by atoms with Gasteiger partial charge in [0.05, 0.1) is 0 Å². The second kappa shape index (κ2) is 3.99. The number of nitrogens with one attached hydrogen (secondary N) is 1. The van der Waals surface area contributed by atoms with E-state index in [9.17, 15) is 0 Å². The lowest BCUT2D eigenvalue weighted by Gasteiger charge is -2.52. The average Bonchev–Trinajstić information content (AvgIpc) is 2.98. The molecule has 1 N–H and O–H groups in total. The van der Waals surface area contributed by atoms with Crippen LogP contribution in [0.15, 0.2) is 0 Å². The molecule has 1 aliphatic heterocycles. The van der Waals surface area contributed by atoms with E-state index in [1.54, 1.807) is 0 Å². The molecule has 0 aromatic heterocycles. The Kier molecular flexibility index (Phi) is 2.75. The van der Waals surface area contributed by atoms with Gasteiger partial charge in [-0.25, -0.2) is 0 Å². The van der Waals surface area contributed by atoms with Gasteiger partial charge in [0.2, 0.25) is 0 Å². The average molecular weight is 222 g/mol. The summed E-state index contributed by atoms with van der Waals surface area (Å²) in [6.45, 7) is 7.33. The largest absolute Gasteiger partial charge is 0.308 e. The van der Waals surface area contributed by atoms with Crippen molar-refractivity contribution < 1.29 is 0 Å². The standard InChI is InChI=1S/C14H26N2/c1-3-12-9-15-14(2,11-7-8-11)10-16(12)13-5-4-6-13/h11-13,15H,3-10H2,1-2H3. The van der Waals surface area contributed by atoms with E-state index in [-0.39, 0.29) is 0 Å². The Bertz CT molecular complexity index is 257. The van der Waals surface area contributed by atoms with Crippen LogP contribution < -0.4 is 5.32 Å². The van der Waals surface area contributed by atoms with Crippen LogP contribution in [0.3, 0.4) is 0 Å². The van der Waals surface area contributed by atoms with Crippen molar-refractivity contribution in [2.75, 3.05) is 13.1 Å². The van der Waals surface area contributed by atoms with Gasteiger partial charge in [0, 0.05) is 30.7 Å². The van der Waals surface area contributed by atoms with Gasteiger partial charge in [-0.2, -0.15) is 0 Å². The second-order valence-corrected chi connectivity index (χ2v) is 6.39. The molecule has 16 heavy (non-hydrogen) atoms. The molecule has 3 fully saturated rings. The van der Waals surface area contributed by atoms with E-state index in [1.807, 2.05) is 0 Å². The summed E-state index contributed by atoms with van der Waals surface area (Å²) in [6.07, 6.45) is 8.60. The highest BCUT2D eigenvalue weighted by Gasteiger charge is 2.47. The van der Waals surface area contributed by atoms with E-state index in [2.05, 4.69) is 24.1 Å². The van der Waals surface area contributed by atoms with E-state index in [1.165, 1.54) is 51.6 Å². The molecule has 2 atom stereocenters. The second-order valence-electron chi connectivity index (χ2n) is 6.39. The summed E-state index contributed by atoms with van der Waals surface area (Å²) >= 11 is 0. The van der Waals surface area contributed by atoms with Crippen molar-refractivity contribution in [2.24, 2.45) is 5.92 Å². The van der Waals surface area contributed by atoms with E-state index in [4.69, 9.17) is 0 Å². The first-order chi connectivity index (χ1) is 7.73. The van der Waals surface area contributed by atoms with Gasteiger partial charge >= 0.3 is 0 Å². The van der Waals surface area contributed by atoms with Crippen molar-refractivity contribution in [3.05, 3.63) is 0 Å². The highest BCUT2D eigenvalue weighted by molar-refractivity contribution is 5.05. The van der Waals surface area contributed by atoms with Gasteiger partial charge in [0.1, 0.15) is 0 Å². The normalized spacial score (nSPS) is 42.0. The minimum atomic E-state index is 0.432. The fourth-order valence-corrected chi connectivity index (χ4v) is 3.55. The third-order valence-corrected chi connectivity index (χ3v) is 5.21. The Labute approximate surface area is 99.8 Å². The number of nitrogens with zero attached hydrogens (tertiary/aromatic N) is 1. The molecule has 0 aromatic rings. The Morgan fingerprint density at radius 2 is 2.00 bits per heavy atom. The number of hydrogen-bond acceptors (Lipinski definition) is 2. The first-order valence-electron chi connectivity index (χ1n) is 7.24. The lowest BCUT2D eigenvalue weighted by Crippen LogP contribution is -2.66. The van der Waals surface area contributed by atoms with Crippen molar-refractivity contribution in [2.45, 2.75) is 70.0 Å². The Morgan fingerprint density at radius 1 is 1.25 bits per heavy atom. The van der Waals surface area contributed by atoms with Crippen LogP contribution in [-0.4, -0.2) is 35.6 Å². The maximum Gasteiger partial charge on any atom is 0.0309 e. The lowest BCUT2D eigenvalue weighted by atomic mass is 9.84. The summed E-state index contributed by atoms with van der Waals surface area (Å²) in [5, 5.41) is 3.85. The number of rotatable bonds is 3. The quantitative estimate of drug-likeness (QED) is 0.789. The molecule has 0 bridgehead atoms. The molecular weight excluding hydrogens is 196 g/mol. The molecule has 0 radical (unpaired) electrons. The highest BCUT2D eigenvalue weighted by atomic mass is 15.3. The minimum absolute atomic E-state index is 0.432. The fourth-order valence-electron chi connectivity index (χ4n) is 3.55. The molecule has 1 saturated heterocycles. The summed E-state index contributed by atoms with van der Waals surface area (Å²) in [6, 6.07) is 1.72. The van der Waals surface area contributed by atoms with E-state index >= 15 is 0 Å². The first kappa shape index (κ1) is 11.0. The van der Waals surface area contributed by atoms with Gasteiger partial charge in [-0.3, -0.25) is 4.90 Å². The molecule has 92 valence electrons. The van der Waals surface area contributed by atoms with Crippen molar-refractivity contribution in [3.8, 4) is 0 Å². The molecule has 0 aromatic carbocycles. The SMILES string of the molecule is CCC1CNC(C)(C2CC2)CN1C1CCC1. The molecule has 1 heterocycles. The Hall–Kier alpha value is -0.0800. The molecule has 2 heteroatoms. The summed E-state index contributed by atoms with van der Waals surface area (Å²) < 4.78 is 0. The van der Waals surface area contributed by atoms with Crippen molar-refractivity contribution >= 4 is 0 Å². The molecular formula is C14H26N2. The summed E-state index contributed by atoms with van der Waals surface area (Å²) in [5.74, 6) is 0.966. The van der Waals surface area contributed by atoms with Crippen molar-refractivity contribution in [3.63, 3.8) is 0 Å². The highest BCUT2D eigenvalue weighted by Crippen LogP contribution is 2.43. The lowest BCUT2D eigenvalue weighted by molar-refractivity contribution is 0.00793. The van der Waals surface area contributed by atoms with Crippen LogP contribution in [0.5, 0.6) is 0 Å². The predicted octanol–water partition coefficient (Wildman–Crippen LogP) is 2.39. The van der Waals surface area contributed by atoms with Crippen LogP contribution in [0.1, 0.15) is 52.4 Å². The van der Waals surface area contributed by atoms with Crippen molar-refractivity contribution in [1.29, 1.82) is 0 Å². The zero-order chi connectivity index (χ0) is 11.2. The zero-order valence-electron chi connectivity index (χ0n) is 10.8. The smallest absolute Gasteiger partial charge is 0.0309 e. The van der Waals surface area contributed by atoms with Gasteiger partial charge < -0.3 is 5.32 Å². The molecule has 0 spiro atoms. The van der Waals surface area contributed by atoms with E-state index in [0.29, 0.717) is 5.54 Å². The molecule has 0 amide bonds. The first-order valence-corrected chi connectivity index (χ1v) is 7.24. The van der Waals surface area contributed by atoms with Crippen LogP contribution in [0.2, 0.25) is 0 Å². The number of piperazine rings is 1. The minimum Gasteiger partial charge on any atom is -0.308 e. The molecule has 3 rings (SSSR count). The Balaban J connectivity index is 1.70. The van der Waals surface area contributed by atoms with Crippen LogP contribution >= 0.6 is 0 Å². The molecule has 2 nitrogen and oxygen atoms in total. The third kappa shape index (κ3) is 1.80. The maximum absolute atomic E-state index is 3.85. The maximum atomic E-state index is 3.85. The summed E-state index contributed by atoms with van der Waals surface area (Å²) in [7, 11) is 0. The van der Waals surface area contributed by atoms with Gasteiger partial charge in [-0.1, -0.05) is 13.3 Å². The third-order valence-electron chi connectivity index (χ3n) is 5.21. The van der Waals surface area contributed by atoms with Crippen LogP contribution in [0, 0.1) is 5.92 Å². The monoisotopic (exact) mass is 222 g/mol. The number of hydrogen-bond donors (Lipinski definition) is 1. The molecule has 2 aliphatic carbocycles. The summed E-state index contributed by atoms with van der Waals surface area (Å²) in [5.41, 5.74) is 0.432. The van der Waals surface area contributed by atoms with Crippen LogP contribution in [-0.2, 0) is 0 Å². The fraction of sp³-hybridized carbons (Fsp3) is 1.00. The van der Waals surface area contributed by atoms with Crippen molar-refractivity contribution in [1.82, 2.24) is 10.2 Å². The predicted molar refractivity (Wildman–Crippen MR) is 67.6 cm³/mol. The topological polar surface area (TPSA) is 15.3 Å². The molecule has 2 unspecified atom stereocenters. The van der Waals surface area contributed by atoms with Gasteiger partial charge in [0.15, 0.2) is 0 Å². The van der Waals surface area contributed by atoms with Gasteiger partial charge in [-0.15, -0.1) is 0 Å². The van der Waals surface area contributed by atoms with Crippen LogP contribution in [0.4, 0.5) is 0 Å². The van der Waals surface area contributed by atoms with Gasteiger partial charge in [-0.05, 0) is 44.9 Å². The van der Waals surface area contributed by atoms with Gasteiger partial charge in [0.25, 0.3) is 0 Å². The molecule has 2 saturated carbocycles. The van der Waals surface area contributed by atoms with E-state index < -0.39 is 0 Å². The molecule has 3 aliphatic rings. The van der Waals surface area contributed by atoms with E-state index in [0.717, 1.165) is 18.0 Å². The summed E-state index contributed by atoms with van der Waals surface area (Å²) in [4.78, 5) is 2.85.